The zero-order valence-corrected chi connectivity index (χ0v) is 10.8. The molecule has 2 N–H and O–H groups in total. The average Bonchev–Trinajstić information content (AvgIpc) is 2.69. The van der Waals surface area contributed by atoms with Crippen molar-refractivity contribution in [3.63, 3.8) is 0 Å². The van der Waals surface area contributed by atoms with Crippen LogP contribution in [0.3, 0.4) is 0 Å². The summed E-state index contributed by atoms with van der Waals surface area (Å²) in [7, 11) is 0. The van der Waals surface area contributed by atoms with Crippen molar-refractivity contribution in [2.24, 2.45) is 0 Å². The van der Waals surface area contributed by atoms with E-state index in [1.165, 1.54) is 38.5 Å². The first-order valence-corrected chi connectivity index (χ1v) is 6.74. The van der Waals surface area contributed by atoms with Crippen molar-refractivity contribution in [2.45, 2.75) is 70.9 Å². The maximum Gasteiger partial charge on any atom is 0.166 e. The molecule has 2 nitrogen and oxygen atoms in total. The van der Waals surface area contributed by atoms with Crippen molar-refractivity contribution in [2.75, 3.05) is 0 Å². The van der Waals surface area contributed by atoms with Gasteiger partial charge < -0.3 is 10.6 Å². The van der Waals surface area contributed by atoms with Gasteiger partial charge in [0.2, 0.25) is 0 Å². The number of hydrogen-bond acceptors (Lipinski definition) is 1. The van der Waals surface area contributed by atoms with E-state index in [2.05, 4.69) is 24.5 Å². The Morgan fingerprint density at radius 2 is 2.00 bits per heavy atom. The zero-order chi connectivity index (χ0) is 11.1. The summed E-state index contributed by atoms with van der Waals surface area (Å²) >= 11 is 5.33. The molecule has 1 atom stereocenters. The van der Waals surface area contributed by atoms with Gasteiger partial charge in [0.1, 0.15) is 0 Å². The molecular weight excluding hydrogens is 204 g/mol. The van der Waals surface area contributed by atoms with Gasteiger partial charge in [0.05, 0.1) is 0 Å². The van der Waals surface area contributed by atoms with Gasteiger partial charge in [-0.05, 0) is 37.9 Å². The largest absolute Gasteiger partial charge is 0.360 e. The predicted octanol–water partition coefficient (Wildman–Crippen LogP) is 2.97. The molecule has 3 heteroatoms. The Labute approximate surface area is 99.2 Å². The highest BCUT2D eigenvalue weighted by atomic mass is 32.1. The third-order valence-corrected chi connectivity index (χ3v) is 3.39. The van der Waals surface area contributed by atoms with E-state index in [9.17, 15) is 0 Å². The third-order valence-electron chi connectivity index (χ3n) is 3.16. The lowest BCUT2D eigenvalue weighted by Gasteiger charge is -2.21. The van der Waals surface area contributed by atoms with Gasteiger partial charge in [0.15, 0.2) is 5.11 Å². The molecule has 0 aliphatic heterocycles. The molecule has 15 heavy (non-hydrogen) atoms. The number of thiocarbonyl (C=S) groups is 1. The van der Waals surface area contributed by atoms with Crippen LogP contribution in [0.1, 0.15) is 58.8 Å². The molecule has 0 saturated heterocycles. The fourth-order valence-electron chi connectivity index (χ4n) is 2.21. The van der Waals surface area contributed by atoms with E-state index in [0.717, 1.165) is 11.5 Å². The van der Waals surface area contributed by atoms with Crippen LogP contribution < -0.4 is 10.6 Å². The fourth-order valence-corrected chi connectivity index (χ4v) is 2.54. The first kappa shape index (κ1) is 12.8. The Kier molecular flexibility index (Phi) is 5.99. The van der Waals surface area contributed by atoms with E-state index < -0.39 is 0 Å². The van der Waals surface area contributed by atoms with E-state index in [1.54, 1.807) is 0 Å². The summed E-state index contributed by atoms with van der Waals surface area (Å²) in [4.78, 5) is 0. The van der Waals surface area contributed by atoms with E-state index in [4.69, 9.17) is 12.2 Å². The van der Waals surface area contributed by atoms with Crippen LogP contribution in [0.25, 0.3) is 0 Å². The molecule has 0 aromatic heterocycles. The lowest BCUT2D eigenvalue weighted by molar-refractivity contribution is 0.522. The fraction of sp³-hybridized carbons (Fsp3) is 0.917. The maximum atomic E-state index is 5.33. The Hall–Kier alpha value is -0.310. The van der Waals surface area contributed by atoms with Gasteiger partial charge in [-0.25, -0.2) is 0 Å². The van der Waals surface area contributed by atoms with Crippen molar-refractivity contribution in [1.29, 1.82) is 0 Å². The number of nitrogens with one attached hydrogen (secondary N) is 2. The molecule has 88 valence electrons. The van der Waals surface area contributed by atoms with Gasteiger partial charge in [0.25, 0.3) is 0 Å². The van der Waals surface area contributed by atoms with Crippen molar-refractivity contribution < 1.29 is 0 Å². The van der Waals surface area contributed by atoms with E-state index in [1.807, 2.05) is 0 Å². The standard InChI is InChI=1S/C12H24N2S/c1-3-7-10(4-2)13-12(15)14-11-8-5-6-9-11/h10-11H,3-9H2,1-2H3,(H2,13,14,15). The molecule has 1 saturated carbocycles. The second kappa shape index (κ2) is 7.04. The highest BCUT2D eigenvalue weighted by Crippen LogP contribution is 2.17. The number of hydrogen-bond donors (Lipinski definition) is 2. The van der Waals surface area contributed by atoms with Crippen LogP contribution in [-0.4, -0.2) is 17.2 Å². The normalized spacial score (nSPS) is 18.8. The van der Waals surface area contributed by atoms with Crippen molar-refractivity contribution in [3.8, 4) is 0 Å². The maximum absolute atomic E-state index is 5.33. The second-order valence-corrected chi connectivity index (χ2v) is 4.90. The SMILES string of the molecule is CCCC(CC)NC(=S)NC1CCCC1. The molecule has 0 radical (unpaired) electrons. The summed E-state index contributed by atoms with van der Waals surface area (Å²) in [5, 5.41) is 7.70. The summed E-state index contributed by atoms with van der Waals surface area (Å²) in [6.07, 6.45) is 8.86. The average molecular weight is 228 g/mol. The quantitative estimate of drug-likeness (QED) is 0.707. The minimum absolute atomic E-state index is 0.552. The smallest absolute Gasteiger partial charge is 0.166 e. The predicted molar refractivity (Wildman–Crippen MR) is 70.1 cm³/mol. The van der Waals surface area contributed by atoms with Gasteiger partial charge in [-0.15, -0.1) is 0 Å². The van der Waals surface area contributed by atoms with Crippen LogP contribution in [0.4, 0.5) is 0 Å². The first-order valence-electron chi connectivity index (χ1n) is 6.33. The summed E-state index contributed by atoms with van der Waals surface area (Å²) in [6, 6.07) is 1.18. The Morgan fingerprint density at radius 1 is 1.33 bits per heavy atom. The monoisotopic (exact) mass is 228 g/mol. The van der Waals surface area contributed by atoms with E-state index in [-0.39, 0.29) is 0 Å². The van der Waals surface area contributed by atoms with Crippen LogP contribution in [0, 0.1) is 0 Å². The van der Waals surface area contributed by atoms with Crippen molar-refractivity contribution >= 4 is 17.3 Å². The highest BCUT2D eigenvalue weighted by Gasteiger charge is 2.16. The molecule has 0 aromatic carbocycles. The Morgan fingerprint density at radius 3 is 2.53 bits per heavy atom. The van der Waals surface area contributed by atoms with Crippen LogP contribution in [0.2, 0.25) is 0 Å². The summed E-state index contributed by atoms with van der Waals surface area (Å²) in [5.74, 6) is 0. The molecule has 1 rings (SSSR count). The van der Waals surface area contributed by atoms with Crippen LogP contribution in [0.15, 0.2) is 0 Å². The first-order chi connectivity index (χ1) is 7.26. The summed E-state index contributed by atoms with van der Waals surface area (Å²) in [5.41, 5.74) is 0. The van der Waals surface area contributed by atoms with Gasteiger partial charge in [-0.3, -0.25) is 0 Å². The van der Waals surface area contributed by atoms with Gasteiger partial charge in [-0.2, -0.15) is 0 Å². The Bertz CT molecular complexity index is 188. The number of rotatable bonds is 5. The molecule has 1 unspecified atom stereocenters. The van der Waals surface area contributed by atoms with Crippen LogP contribution in [-0.2, 0) is 0 Å². The molecule has 1 aliphatic rings. The third kappa shape index (κ3) is 4.83. The molecule has 1 fully saturated rings. The van der Waals surface area contributed by atoms with Gasteiger partial charge in [0, 0.05) is 12.1 Å². The topological polar surface area (TPSA) is 24.1 Å². The highest BCUT2D eigenvalue weighted by molar-refractivity contribution is 7.80. The van der Waals surface area contributed by atoms with Gasteiger partial charge >= 0.3 is 0 Å². The molecule has 0 aromatic rings. The van der Waals surface area contributed by atoms with Crippen molar-refractivity contribution in [3.05, 3.63) is 0 Å². The van der Waals surface area contributed by atoms with Crippen LogP contribution in [0.5, 0.6) is 0 Å². The molecule has 0 spiro atoms. The van der Waals surface area contributed by atoms with Crippen molar-refractivity contribution in [1.82, 2.24) is 10.6 Å². The van der Waals surface area contributed by atoms with E-state index >= 15 is 0 Å². The van der Waals surface area contributed by atoms with Crippen LogP contribution >= 0.6 is 12.2 Å². The second-order valence-electron chi connectivity index (χ2n) is 4.49. The van der Waals surface area contributed by atoms with E-state index in [0.29, 0.717) is 12.1 Å². The zero-order valence-electron chi connectivity index (χ0n) is 10.0. The molecule has 0 heterocycles. The lowest BCUT2D eigenvalue weighted by Crippen LogP contribution is -2.45. The molecule has 1 aliphatic carbocycles. The summed E-state index contributed by atoms with van der Waals surface area (Å²) in [6.45, 7) is 4.43. The minimum Gasteiger partial charge on any atom is -0.360 e. The minimum atomic E-state index is 0.552. The lowest BCUT2D eigenvalue weighted by atomic mass is 10.1. The molecule has 0 bridgehead atoms. The van der Waals surface area contributed by atoms with Gasteiger partial charge in [-0.1, -0.05) is 33.1 Å². The molecule has 0 amide bonds. The summed E-state index contributed by atoms with van der Waals surface area (Å²) < 4.78 is 0. The Balaban J connectivity index is 2.20. The molecular formula is C12H24N2S.